The predicted molar refractivity (Wildman–Crippen MR) is 70.6 cm³/mol. The van der Waals surface area contributed by atoms with Crippen LogP contribution in [-0.4, -0.2) is 13.4 Å². The zero-order valence-corrected chi connectivity index (χ0v) is 10.9. The molecule has 19 heavy (non-hydrogen) atoms. The highest BCUT2D eigenvalue weighted by Gasteiger charge is 2.15. The fraction of sp³-hybridized carbons (Fsp3) is 0.0833. The van der Waals surface area contributed by atoms with Crippen LogP contribution in [-0.2, 0) is 10.0 Å². The Hall–Kier alpha value is -2.15. The van der Waals surface area contributed by atoms with Crippen molar-refractivity contribution >= 4 is 21.5 Å². The van der Waals surface area contributed by atoms with E-state index in [0.717, 1.165) is 6.20 Å². The van der Waals surface area contributed by atoms with Crippen LogP contribution in [0.5, 0.6) is 0 Å². The van der Waals surface area contributed by atoms with Gasteiger partial charge in [0.15, 0.2) is 0 Å². The minimum Gasteiger partial charge on any atom is -0.384 e. The average molecular weight is 281 g/mol. The minimum atomic E-state index is -3.76. The molecule has 0 aliphatic carbocycles. The average Bonchev–Trinajstić information content (AvgIpc) is 2.33. The van der Waals surface area contributed by atoms with Gasteiger partial charge >= 0.3 is 0 Å². The van der Waals surface area contributed by atoms with E-state index in [1.807, 2.05) is 0 Å². The quantitative estimate of drug-likeness (QED) is 0.900. The molecule has 0 amide bonds. The fourth-order valence-electron chi connectivity index (χ4n) is 1.50. The number of nitrogens with zero attached hydrogens (tertiary/aromatic N) is 1. The maximum atomic E-state index is 12.9. The van der Waals surface area contributed by atoms with E-state index >= 15 is 0 Å². The summed E-state index contributed by atoms with van der Waals surface area (Å²) < 4.78 is 39.4. The van der Waals surface area contributed by atoms with E-state index in [1.54, 1.807) is 6.92 Å². The predicted octanol–water partition coefficient (Wildman–Crippen LogP) is 1.91. The van der Waals surface area contributed by atoms with Crippen molar-refractivity contribution in [3.63, 3.8) is 0 Å². The first-order valence-electron chi connectivity index (χ1n) is 5.39. The number of aromatic nitrogens is 1. The van der Waals surface area contributed by atoms with Crippen molar-refractivity contribution in [1.29, 1.82) is 0 Å². The number of rotatable bonds is 3. The summed E-state index contributed by atoms with van der Waals surface area (Å²) >= 11 is 0. The highest BCUT2D eigenvalue weighted by Crippen LogP contribution is 2.20. The van der Waals surface area contributed by atoms with Gasteiger partial charge in [-0.2, -0.15) is 0 Å². The molecule has 1 aromatic heterocycles. The molecule has 0 saturated heterocycles. The summed E-state index contributed by atoms with van der Waals surface area (Å²) in [4.78, 5) is 3.71. The zero-order chi connectivity index (χ0) is 14.0. The lowest BCUT2D eigenvalue weighted by Gasteiger charge is -2.10. The lowest BCUT2D eigenvalue weighted by molar-refractivity contribution is 0.600. The lowest BCUT2D eigenvalue weighted by atomic mass is 10.2. The standard InChI is InChI=1S/C12H12FN3O2S/c1-8-6-9(13)2-4-11(8)16-19(17,18)10-3-5-12(14)15-7-10/h2-7,16H,1H3,(H2,14,15). The Kier molecular flexibility index (Phi) is 3.39. The normalized spacial score (nSPS) is 11.3. The molecule has 0 aliphatic heterocycles. The minimum absolute atomic E-state index is 0.00887. The monoisotopic (exact) mass is 281 g/mol. The van der Waals surface area contributed by atoms with Gasteiger partial charge in [0.05, 0.1) is 5.69 Å². The first-order valence-corrected chi connectivity index (χ1v) is 6.87. The molecule has 0 saturated carbocycles. The molecule has 2 rings (SSSR count). The molecule has 7 heteroatoms. The second kappa shape index (κ2) is 4.85. The third-order valence-corrected chi connectivity index (χ3v) is 3.85. The third-order valence-electron chi connectivity index (χ3n) is 2.50. The number of aryl methyl sites for hydroxylation is 1. The van der Waals surface area contributed by atoms with Crippen LogP contribution in [0.4, 0.5) is 15.9 Å². The SMILES string of the molecule is Cc1cc(F)ccc1NS(=O)(=O)c1ccc(N)nc1. The molecule has 2 aromatic rings. The number of pyridine rings is 1. The Labute approximate surface area is 110 Å². The van der Waals surface area contributed by atoms with Gasteiger partial charge in [0.1, 0.15) is 16.5 Å². The summed E-state index contributed by atoms with van der Waals surface area (Å²) in [5, 5.41) is 0. The van der Waals surface area contributed by atoms with E-state index in [2.05, 4.69) is 9.71 Å². The van der Waals surface area contributed by atoms with Gasteiger partial charge in [-0.25, -0.2) is 17.8 Å². The molecular formula is C12H12FN3O2S. The molecule has 0 bridgehead atoms. The van der Waals surface area contributed by atoms with Crippen LogP contribution in [0, 0.1) is 12.7 Å². The van der Waals surface area contributed by atoms with E-state index in [1.165, 1.54) is 30.3 Å². The molecule has 5 nitrogen and oxygen atoms in total. The van der Waals surface area contributed by atoms with Crippen LogP contribution in [0.25, 0.3) is 0 Å². The molecule has 1 aromatic carbocycles. The van der Waals surface area contributed by atoms with Crippen molar-refractivity contribution in [2.45, 2.75) is 11.8 Å². The fourth-order valence-corrected chi connectivity index (χ4v) is 2.57. The van der Waals surface area contributed by atoms with E-state index in [9.17, 15) is 12.8 Å². The van der Waals surface area contributed by atoms with Gasteiger partial charge < -0.3 is 5.73 Å². The topological polar surface area (TPSA) is 85.1 Å². The summed E-state index contributed by atoms with van der Waals surface area (Å²) in [6.07, 6.45) is 1.16. The van der Waals surface area contributed by atoms with E-state index in [4.69, 9.17) is 5.73 Å². The molecule has 3 N–H and O–H groups in total. The zero-order valence-electron chi connectivity index (χ0n) is 10.1. The van der Waals surface area contributed by atoms with Crippen LogP contribution in [0.1, 0.15) is 5.56 Å². The maximum absolute atomic E-state index is 12.9. The van der Waals surface area contributed by atoms with Crippen LogP contribution in [0.15, 0.2) is 41.4 Å². The smallest absolute Gasteiger partial charge is 0.263 e. The van der Waals surface area contributed by atoms with Gasteiger partial charge in [0, 0.05) is 6.20 Å². The number of nitrogens with two attached hydrogens (primary N) is 1. The summed E-state index contributed by atoms with van der Waals surface area (Å²) in [6.45, 7) is 1.61. The number of hydrogen-bond acceptors (Lipinski definition) is 4. The van der Waals surface area contributed by atoms with Gasteiger partial charge in [-0.15, -0.1) is 0 Å². The van der Waals surface area contributed by atoms with Gasteiger partial charge in [0.25, 0.3) is 10.0 Å². The summed E-state index contributed by atoms with van der Waals surface area (Å²) in [6, 6.07) is 6.55. The van der Waals surface area contributed by atoms with E-state index in [-0.39, 0.29) is 10.7 Å². The van der Waals surface area contributed by atoms with E-state index < -0.39 is 15.8 Å². The van der Waals surface area contributed by atoms with Crippen LogP contribution < -0.4 is 10.5 Å². The van der Waals surface area contributed by atoms with Crippen molar-refractivity contribution in [2.75, 3.05) is 10.5 Å². The maximum Gasteiger partial charge on any atom is 0.263 e. The molecule has 1 heterocycles. The van der Waals surface area contributed by atoms with E-state index in [0.29, 0.717) is 11.3 Å². The number of benzene rings is 1. The Morgan fingerprint density at radius 1 is 1.26 bits per heavy atom. The molecule has 0 radical (unpaired) electrons. The molecule has 0 spiro atoms. The Bertz CT molecular complexity index is 699. The first kappa shape index (κ1) is 13.3. The molecule has 0 fully saturated rings. The van der Waals surface area contributed by atoms with Crippen LogP contribution in [0.3, 0.4) is 0 Å². The number of nitrogens with one attached hydrogen (secondary N) is 1. The number of halogens is 1. The molecular weight excluding hydrogens is 269 g/mol. The second-order valence-electron chi connectivity index (χ2n) is 3.98. The van der Waals surface area contributed by atoms with Crippen molar-refractivity contribution < 1.29 is 12.8 Å². The third kappa shape index (κ3) is 3.00. The number of anilines is 2. The highest BCUT2D eigenvalue weighted by molar-refractivity contribution is 7.92. The van der Waals surface area contributed by atoms with Gasteiger partial charge in [-0.3, -0.25) is 4.72 Å². The number of nitrogen functional groups attached to an aromatic ring is 1. The van der Waals surface area contributed by atoms with Crippen molar-refractivity contribution in [3.05, 3.63) is 47.9 Å². The molecule has 100 valence electrons. The molecule has 0 atom stereocenters. The number of sulfonamides is 1. The van der Waals surface area contributed by atoms with Crippen molar-refractivity contribution in [1.82, 2.24) is 4.98 Å². The highest BCUT2D eigenvalue weighted by atomic mass is 32.2. The van der Waals surface area contributed by atoms with Crippen LogP contribution >= 0.6 is 0 Å². The van der Waals surface area contributed by atoms with Crippen molar-refractivity contribution in [2.24, 2.45) is 0 Å². The van der Waals surface area contributed by atoms with Crippen LogP contribution in [0.2, 0.25) is 0 Å². The summed E-state index contributed by atoms with van der Waals surface area (Å²) in [7, 11) is -3.76. The Morgan fingerprint density at radius 2 is 2.00 bits per heavy atom. The number of hydrogen-bond donors (Lipinski definition) is 2. The Morgan fingerprint density at radius 3 is 2.58 bits per heavy atom. The second-order valence-corrected chi connectivity index (χ2v) is 5.67. The first-order chi connectivity index (χ1) is 8.88. The lowest BCUT2D eigenvalue weighted by Crippen LogP contribution is -2.14. The summed E-state index contributed by atoms with van der Waals surface area (Å²) in [5.74, 6) is -0.188. The molecule has 0 unspecified atom stereocenters. The van der Waals surface area contributed by atoms with Gasteiger partial charge in [-0.1, -0.05) is 0 Å². The Balaban J connectivity index is 2.33. The molecule has 0 aliphatic rings. The van der Waals surface area contributed by atoms with Gasteiger partial charge in [-0.05, 0) is 42.8 Å². The largest absolute Gasteiger partial charge is 0.384 e. The van der Waals surface area contributed by atoms with Gasteiger partial charge in [0.2, 0.25) is 0 Å². The van der Waals surface area contributed by atoms with Crippen molar-refractivity contribution in [3.8, 4) is 0 Å². The summed E-state index contributed by atoms with van der Waals surface area (Å²) in [5.41, 5.74) is 6.21.